The van der Waals surface area contributed by atoms with Crippen molar-refractivity contribution in [1.29, 1.82) is 0 Å². The number of hydrogen-bond acceptors (Lipinski definition) is 3. The molecule has 1 saturated heterocycles. The minimum Gasteiger partial charge on any atom is -0.353 e. The third kappa shape index (κ3) is 5.11. The predicted molar refractivity (Wildman–Crippen MR) is 89.2 cm³/mol. The summed E-state index contributed by atoms with van der Waals surface area (Å²) in [5.74, 6) is 2.33. The van der Waals surface area contributed by atoms with Crippen LogP contribution in [0.25, 0.3) is 0 Å². The Morgan fingerprint density at radius 3 is 3.05 bits per heavy atom. The summed E-state index contributed by atoms with van der Waals surface area (Å²) in [5, 5.41) is 6.49. The predicted octanol–water partition coefficient (Wildman–Crippen LogP) is 2.59. The van der Waals surface area contributed by atoms with Gasteiger partial charge in [-0.1, -0.05) is 34.1 Å². The molecule has 1 aliphatic rings. The molecular formula is C15H21BrN2OS. The molecule has 1 aliphatic heterocycles. The molecule has 1 heterocycles. The first-order valence-corrected chi connectivity index (χ1v) is 8.94. The molecule has 110 valence electrons. The molecule has 1 fully saturated rings. The lowest BCUT2D eigenvalue weighted by atomic mass is 10.1. The zero-order valence-corrected chi connectivity index (χ0v) is 14.1. The minimum atomic E-state index is 0.143. The number of hydrogen-bond donors (Lipinski definition) is 2. The second-order valence-corrected chi connectivity index (χ2v) is 7.20. The van der Waals surface area contributed by atoms with E-state index in [1.54, 1.807) is 0 Å². The van der Waals surface area contributed by atoms with Gasteiger partial charge in [0.25, 0.3) is 0 Å². The molecule has 1 aromatic carbocycles. The summed E-state index contributed by atoms with van der Waals surface area (Å²) in [6.45, 7) is 3.06. The van der Waals surface area contributed by atoms with Gasteiger partial charge in [0.05, 0.1) is 0 Å². The fraction of sp³-hybridized carbons (Fsp3) is 0.533. The SMILES string of the molecule is CC(Cc1ccccc1Br)NC(=O)CC1CSCCN1. The van der Waals surface area contributed by atoms with E-state index in [9.17, 15) is 4.79 Å². The number of nitrogens with one attached hydrogen (secondary N) is 2. The summed E-state index contributed by atoms with van der Waals surface area (Å²) < 4.78 is 1.10. The first-order chi connectivity index (χ1) is 9.65. The Balaban J connectivity index is 1.77. The van der Waals surface area contributed by atoms with Crippen LogP contribution in [0.2, 0.25) is 0 Å². The van der Waals surface area contributed by atoms with Crippen molar-refractivity contribution in [2.24, 2.45) is 0 Å². The van der Waals surface area contributed by atoms with Gasteiger partial charge < -0.3 is 10.6 Å². The molecule has 2 unspecified atom stereocenters. The average Bonchev–Trinajstić information content (AvgIpc) is 2.42. The highest BCUT2D eigenvalue weighted by atomic mass is 79.9. The number of rotatable bonds is 5. The molecule has 3 nitrogen and oxygen atoms in total. The molecule has 0 saturated carbocycles. The Morgan fingerprint density at radius 1 is 1.55 bits per heavy atom. The summed E-state index contributed by atoms with van der Waals surface area (Å²) in [4.78, 5) is 12.0. The van der Waals surface area contributed by atoms with Crippen LogP contribution in [0.1, 0.15) is 18.9 Å². The number of amides is 1. The van der Waals surface area contributed by atoms with Gasteiger partial charge >= 0.3 is 0 Å². The lowest BCUT2D eigenvalue weighted by molar-refractivity contribution is -0.122. The third-order valence-corrected chi connectivity index (χ3v) is 5.23. The molecule has 0 aromatic heterocycles. The summed E-state index contributed by atoms with van der Waals surface area (Å²) in [7, 11) is 0. The fourth-order valence-corrected chi connectivity index (χ4v) is 3.75. The maximum absolute atomic E-state index is 12.0. The van der Waals surface area contributed by atoms with Crippen LogP contribution in [0.15, 0.2) is 28.7 Å². The van der Waals surface area contributed by atoms with Crippen molar-refractivity contribution in [3.8, 4) is 0 Å². The summed E-state index contributed by atoms with van der Waals surface area (Å²) in [6, 6.07) is 8.63. The highest BCUT2D eigenvalue weighted by Crippen LogP contribution is 2.17. The number of thioether (sulfide) groups is 1. The van der Waals surface area contributed by atoms with Crippen LogP contribution in [0.5, 0.6) is 0 Å². The van der Waals surface area contributed by atoms with Gasteiger partial charge in [-0.15, -0.1) is 0 Å². The van der Waals surface area contributed by atoms with E-state index in [0.29, 0.717) is 12.5 Å². The maximum Gasteiger partial charge on any atom is 0.221 e. The molecule has 2 N–H and O–H groups in total. The zero-order valence-electron chi connectivity index (χ0n) is 11.7. The fourth-order valence-electron chi connectivity index (χ4n) is 2.35. The van der Waals surface area contributed by atoms with E-state index in [1.807, 2.05) is 30.0 Å². The molecule has 0 aliphatic carbocycles. The van der Waals surface area contributed by atoms with Gasteiger partial charge in [0.15, 0.2) is 0 Å². The summed E-state index contributed by atoms with van der Waals surface area (Å²) in [5.41, 5.74) is 1.23. The van der Waals surface area contributed by atoms with Crippen molar-refractivity contribution >= 4 is 33.6 Å². The minimum absolute atomic E-state index is 0.143. The molecule has 0 bridgehead atoms. The number of carbonyl (C=O) groups excluding carboxylic acids is 1. The van der Waals surface area contributed by atoms with Crippen molar-refractivity contribution in [2.75, 3.05) is 18.1 Å². The highest BCUT2D eigenvalue weighted by molar-refractivity contribution is 9.10. The Kier molecular flexibility index (Phi) is 6.39. The van der Waals surface area contributed by atoms with E-state index < -0.39 is 0 Å². The van der Waals surface area contributed by atoms with E-state index in [-0.39, 0.29) is 11.9 Å². The van der Waals surface area contributed by atoms with Crippen LogP contribution in [0, 0.1) is 0 Å². The Morgan fingerprint density at radius 2 is 2.35 bits per heavy atom. The Bertz CT molecular complexity index is 449. The maximum atomic E-state index is 12.0. The molecule has 20 heavy (non-hydrogen) atoms. The van der Waals surface area contributed by atoms with Crippen molar-refractivity contribution in [2.45, 2.75) is 31.8 Å². The standard InChI is InChI=1S/C15H21BrN2OS/c1-11(8-12-4-2-3-5-14(12)16)18-15(19)9-13-10-20-7-6-17-13/h2-5,11,13,17H,6-10H2,1H3,(H,18,19). The molecule has 2 atom stereocenters. The van der Waals surface area contributed by atoms with E-state index in [2.05, 4.69) is 39.6 Å². The third-order valence-electron chi connectivity index (χ3n) is 3.32. The van der Waals surface area contributed by atoms with Gasteiger partial charge in [-0.25, -0.2) is 0 Å². The summed E-state index contributed by atoms with van der Waals surface area (Å²) in [6.07, 6.45) is 1.42. The van der Waals surface area contributed by atoms with Gasteiger partial charge in [-0.05, 0) is 25.0 Å². The van der Waals surface area contributed by atoms with Crippen LogP contribution in [0.4, 0.5) is 0 Å². The van der Waals surface area contributed by atoms with Crippen molar-refractivity contribution in [3.05, 3.63) is 34.3 Å². The van der Waals surface area contributed by atoms with Crippen molar-refractivity contribution in [3.63, 3.8) is 0 Å². The van der Waals surface area contributed by atoms with Gasteiger partial charge in [0.2, 0.25) is 5.91 Å². The second kappa shape index (κ2) is 8.05. The van der Waals surface area contributed by atoms with E-state index in [0.717, 1.165) is 28.9 Å². The largest absolute Gasteiger partial charge is 0.353 e. The van der Waals surface area contributed by atoms with Crippen molar-refractivity contribution in [1.82, 2.24) is 10.6 Å². The first-order valence-electron chi connectivity index (χ1n) is 6.99. The van der Waals surface area contributed by atoms with Gasteiger partial charge in [-0.3, -0.25) is 4.79 Å². The molecule has 1 amide bonds. The molecule has 1 aromatic rings. The van der Waals surface area contributed by atoms with E-state index in [1.165, 1.54) is 5.56 Å². The van der Waals surface area contributed by atoms with Crippen LogP contribution in [0.3, 0.4) is 0 Å². The van der Waals surface area contributed by atoms with Crippen LogP contribution >= 0.6 is 27.7 Å². The number of benzene rings is 1. The average molecular weight is 357 g/mol. The molecule has 2 rings (SSSR count). The summed E-state index contributed by atoms with van der Waals surface area (Å²) >= 11 is 5.46. The quantitative estimate of drug-likeness (QED) is 0.851. The normalized spacial score (nSPS) is 20.4. The van der Waals surface area contributed by atoms with E-state index in [4.69, 9.17) is 0 Å². The Hall–Kier alpha value is -0.520. The topological polar surface area (TPSA) is 41.1 Å². The number of carbonyl (C=O) groups is 1. The lowest BCUT2D eigenvalue weighted by Crippen LogP contribution is -2.43. The second-order valence-electron chi connectivity index (χ2n) is 5.19. The monoisotopic (exact) mass is 356 g/mol. The van der Waals surface area contributed by atoms with Gasteiger partial charge in [-0.2, -0.15) is 11.8 Å². The van der Waals surface area contributed by atoms with Crippen LogP contribution < -0.4 is 10.6 Å². The van der Waals surface area contributed by atoms with Gasteiger partial charge in [0.1, 0.15) is 0 Å². The van der Waals surface area contributed by atoms with Crippen LogP contribution in [-0.2, 0) is 11.2 Å². The molecule has 0 radical (unpaired) electrons. The van der Waals surface area contributed by atoms with E-state index >= 15 is 0 Å². The molecule has 5 heteroatoms. The zero-order chi connectivity index (χ0) is 14.4. The lowest BCUT2D eigenvalue weighted by Gasteiger charge is -2.23. The number of halogens is 1. The molecular weight excluding hydrogens is 336 g/mol. The smallest absolute Gasteiger partial charge is 0.221 e. The van der Waals surface area contributed by atoms with Crippen molar-refractivity contribution < 1.29 is 4.79 Å². The highest BCUT2D eigenvalue weighted by Gasteiger charge is 2.18. The Labute approximate surface area is 133 Å². The first kappa shape index (κ1) is 15.9. The molecule has 0 spiro atoms. The van der Waals surface area contributed by atoms with Crippen LogP contribution in [-0.4, -0.2) is 36.0 Å². The van der Waals surface area contributed by atoms with Gasteiger partial charge in [0, 0.05) is 41.0 Å².